The van der Waals surface area contributed by atoms with Crippen molar-refractivity contribution in [2.75, 3.05) is 12.4 Å². The van der Waals surface area contributed by atoms with E-state index in [2.05, 4.69) is 5.32 Å². The van der Waals surface area contributed by atoms with E-state index in [1.165, 1.54) is 24.1 Å². The quantitative estimate of drug-likeness (QED) is 0.371. The van der Waals surface area contributed by atoms with Crippen molar-refractivity contribution in [3.8, 4) is 11.5 Å². The van der Waals surface area contributed by atoms with Gasteiger partial charge in [-0.2, -0.15) is 21.6 Å². The standard InChI is InChI=1S/C25H25F3N2O5S/c1-17(2)30(24(31)29-21-12-5-7-14-23(21)34-3)16-18-9-4-6-13-22(18)35-36(32,33)20-11-8-10-19(15-20)25(26,27)28/h4-15,17H,16H2,1-3H3,(H,29,31). The minimum Gasteiger partial charge on any atom is -0.495 e. The highest BCUT2D eigenvalue weighted by Gasteiger charge is 2.32. The first-order valence-electron chi connectivity index (χ1n) is 10.8. The van der Waals surface area contributed by atoms with Crippen LogP contribution in [0.4, 0.5) is 23.7 Å². The van der Waals surface area contributed by atoms with E-state index in [4.69, 9.17) is 8.92 Å². The number of anilines is 1. The normalized spacial score (nSPS) is 11.8. The molecule has 2 amide bonds. The lowest BCUT2D eigenvalue weighted by molar-refractivity contribution is -0.137. The van der Waals surface area contributed by atoms with Gasteiger partial charge in [0.25, 0.3) is 0 Å². The van der Waals surface area contributed by atoms with Crippen LogP contribution in [0.3, 0.4) is 0 Å². The van der Waals surface area contributed by atoms with E-state index in [1.807, 2.05) is 0 Å². The Morgan fingerprint density at radius 2 is 1.61 bits per heavy atom. The van der Waals surface area contributed by atoms with E-state index in [9.17, 15) is 26.4 Å². The molecular formula is C25H25F3N2O5S. The van der Waals surface area contributed by atoms with Gasteiger partial charge in [0.1, 0.15) is 16.4 Å². The molecule has 0 aliphatic rings. The summed E-state index contributed by atoms with van der Waals surface area (Å²) in [5.74, 6) is 0.358. The molecule has 0 aliphatic heterocycles. The molecule has 0 atom stereocenters. The Hall–Kier alpha value is -3.73. The Balaban J connectivity index is 1.86. The van der Waals surface area contributed by atoms with Crippen LogP contribution in [0.2, 0.25) is 0 Å². The number of nitrogens with one attached hydrogen (secondary N) is 1. The Labute approximate surface area is 207 Å². The number of para-hydroxylation sites is 3. The van der Waals surface area contributed by atoms with Crippen LogP contribution in [0.15, 0.2) is 77.7 Å². The molecule has 1 N–H and O–H groups in total. The van der Waals surface area contributed by atoms with E-state index < -0.39 is 32.8 Å². The summed E-state index contributed by atoms with van der Waals surface area (Å²) in [5, 5.41) is 2.77. The molecule has 0 bridgehead atoms. The summed E-state index contributed by atoms with van der Waals surface area (Å²) in [6.07, 6.45) is -4.71. The van der Waals surface area contributed by atoms with Crippen LogP contribution in [0, 0.1) is 0 Å². The first kappa shape index (κ1) is 26.9. The monoisotopic (exact) mass is 522 g/mol. The molecule has 36 heavy (non-hydrogen) atoms. The molecule has 0 fully saturated rings. The number of rotatable bonds is 8. The minimum absolute atomic E-state index is 0.0348. The maximum Gasteiger partial charge on any atom is 0.416 e. The van der Waals surface area contributed by atoms with Gasteiger partial charge in [0.05, 0.1) is 24.9 Å². The van der Waals surface area contributed by atoms with E-state index in [1.54, 1.807) is 50.2 Å². The van der Waals surface area contributed by atoms with Crippen molar-refractivity contribution < 1.29 is 35.3 Å². The molecule has 0 aromatic heterocycles. The fourth-order valence-electron chi connectivity index (χ4n) is 3.32. The average Bonchev–Trinajstić information content (AvgIpc) is 2.83. The zero-order valence-corrected chi connectivity index (χ0v) is 20.6. The van der Waals surface area contributed by atoms with Gasteiger partial charge in [-0.1, -0.05) is 36.4 Å². The predicted octanol–water partition coefficient (Wildman–Crippen LogP) is 5.92. The van der Waals surface area contributed by atoms with Crippen LogP contribution < -0.4 is 14.2 Å². The smallest absolute Gasteiger partial charge is 0.416 e. The number of carbonyl (C=O) groups is 1. The van der Waals surface area contributed by atoms with Gasteiger partial charge < -0.3 is 19.1 Å². The number of ether oxygens (including phenoxy) is 1. The number of hydrogen-bond acceptors (Lipinski definition) is 5. The van der Waals surface area contributed by atoms with Crippen molar-refractivity contribution in [1.82, 2.24) is 4.90 Å². The summed E-state index contributed by atoms with van der Waals surface area (Å²) >= 11 is 0. The molecule has 0 radical (unpaired) electrons. The summed E-state index contributed by atoms with van der Waals surface area (Å²) < 4.78 is 75.3. The lowest BCUT2D eigenvalue weighted by atomic mass is 10.1. The van der Waals surface area contributed by atoms with E-state index in [0.29, 0.717) is 23.1 Å². The summed E-state index contributed by atoms with van der Waals surface area (Å²) in [7, 11) is -3.11. The summed E-state index contributed by atoms with van der Waals surface area (Å²) in [6, 6.07) is 15.5. The molecule has 0 aliphatic carbocycles. The van der Waals surface area contributed by atoms with Gasteiger partial charge in [-0.15, -0.1) is 0 Å². The lowest BCUT2D eigenvalue weighted by Gasteiger charge is -2.28. The highest BCUT2D eigenvalue weighted by Crippen LogP contribution is 2.32. The highest BCUT2D eigenvalue weighted by molar-refractivity contribution is 7.87. The number of alkyl halides is 3. The number of hydrogen-bond donors (Lipinski definition) is 1. The Morgan fingerprint density at radius 3 is 2.25 bits per heavy atom. The van der Waals surface area contributed by atoms with Crippen LogP contribution in [0.25, 0.3) is 0 Å². The molecule has 3 rings (SSSR count). The van der Waals surface area contributed by atoms with Crippen molar-refractivity contribution in [3.05, 3.63) is 83.9 Å². The second-order valence-corrected chi connectivity index (χ2v) is 9.57. The first-order valence-corrected chi connectivity index (χ1v) is 12.2. The fourth-order valence-corrected chi connectivity index (χ4v) is 4.33. The molecule has 11 heteroatoms. The first-order chi connectivity index (χ1) is 16.9. The maximum atomic E-state index is 13.1. The molecule has 0 spiro atoms. The van der Waals surface area contributed by atoms with Gasteiger partial charge >= 0.3 is 22.3 Å². The third kappa shape index (κ3) is 6.48. The molecule has 3 aromatic carbocycles. The highest BCUT2D eigenvalue weighted by atomic mass is 32.2. The molecule has 3 aromatic rings. The van der Waals surface area contributed by atoms with E-state index in [-0.39, 0.29) is 18.3 Å². The molecule has 0 heterocycles. The fraction of sp³-hybridized carbons (Fsp3) is 0.240. The largest absolute Gasteiger partial charge is 0.495 e. The second kappa shape index (κ2) is 10.9. The van der Waals surface area contributed by atoms with Crippen molar-refractivity contribution in [1.29, 1.82) is 0 Å². The Bertz CT molecular complexity index is 1330. The molecule has 192 valence electrons. The van der Waals surface area contributed by atoms with Crippen LogP contribution in [0.1, 0.15) is 25.0 Å². The number of amides is 2. The van der Waals surface area contributed by atoms with Gasteiger partial charge in [-0.3, -0.25) is 0 Å². The van der Waals surface area contributed by atoms with Crippen molar-refractivity contribution in [3.63, 3.8) is 0 Å². The summed E-state index contributed by atoms with van der Waals surface area (Å²) in [4.78, 5) is 13.9. The zero-order chi connectivity index (χ0) is 26.5. The number of benzene rings is 3. The number of halogens is 3. The van der Waals surface area contributed by atoms with Gasteiger partial charge in [0, 0.05) is 11.6 Å². The number of nitrogens with zero attached hydrogens (tertiary/aromatic N) is 1. The third-order valence-electron chi connectivity index (χ3n) is 5.20. The third-order valence-corrected chi connectivity index (χ3v) is 6.43. The summed E-state index contributed by atoms with van der Waals surface area (Å²) in [5.41, 5.74) is -0.316. The molecule has 0 saturated heterocycles. The van der Waals surface area contributed by atoms with Gasteiger partial charge in [0.2, 0.25) is 0 Å². The zero-order valence-electron chi connectivity index (χ0n) is 19.7. The van der Waals surface area contributed by atoms with Crippen LogP contribution in [-0.2, 0) is 22.8 Å². The van der Waals surface area contributed by atoms with Crippen molar-refractivity contribution in [2.45, 2.75) is 37.5 Å². The topological polar surface area (TPSA) is 84.9 Å². The summed E-state index contributed by atoms with van der Waals surface area (Å²) in [6.45, 7) is 3.53. The van der Waals surface area contributed by atoms with Crippen LogP contribution in [0.5, 0.6) is 11.5 Å². The van der Waals surface area contributed by atoms with Gasteiger partial charge in [0.15, 0.2) is 0 Å². The number of urea groups is 1. The van der Waals surface area contributed by atoms with Gasteiger partial charge in [-0.05, 0) is 50.2 Å². The van der Waals surface area contributed by atoms with Crippen molar-refractivity contribution in [2.24, 2.45) is 0 Å². The number of carbonyl (C=O) groups excluding carboxylic acids is 1. The van der Waals surface area contributed by atoms with E-state index >= 15 is 0 Å². The molecule has 0 saturated carbocycles. The Kier molecular flexibility index (Phi) is 8.13. The second-order valence-electron chi connectivity index (χ2n) is 8.02. The molecule has 7 nitrogen and oxygen atoms in total. The maximum absolute atomic E-state index is 13.1. The van der Waals surface area contributed by atoms with Crippen molar-refractivity contribution >= 4 is 21.8 Å². The van der Waals surface area contributed by atoms with Gasteiger partial charge in [-0.25, -0.2) is 4.79 Å². The number of methoxy groups -OCH3 is 1. The Morgan fingerprint density at radius 1 is 0.972 bits per heavy atom. The van der Waals surface area contributed by atoms with Crippen LogP contribution >= 0.6 is 0 Å². The average molecular weight is 523 g/mol. The predicted molar refractivity (Wildman–Crippen MR) is 128 cm³/mol. The van der Waals surface area contributed by atoms with E-state index in [0.717, 1.165) is 18.2 Å². The molecule has 0 unspecified atom stereocenters. The van der Waals surface area contributed by atoms with Crippen LogP contribution in [-0.4, -0.2) is 32.5 Å². The minimum atomic E-state index is -4.71. The lowest BCUT2D eigenvalue weighted by Crippen LogP contribution is -2.39. The molecular weight excluding hydrogens is 497 g/mol. The SMILES string of the molecule is COc1ccccc1NC(=O)N(Cc1ccccc1OS(=O)(=O)c1cccc(C(F)(F)F)c1)C(C)C.